The second-order valence-corrected chi connectivity index (χ2v) is 7.71. The minimum Gasteiger partial charge on any atom is -0.452 e. The Morgan fingerprint density at radius 3 is 2.80 bits per heavy atom. The number of carbonyl (C=O) groups is 1. The van der Waals surface area contributed by atoms with Crippen molar-refractivity contribution in [1.29, 1.82) is 0 Å². The summed E-state index contributed by atoms with van der Waals surface area (Å²) in [5, 5.41) is 7.11. The Kier molecular flexibility index (Phi) is 6.81. The second-order valence-electron chi connectivity index (χ2n) is 7.71. The molecular weight excluding hydrogens is 382 g/mol. The molecule has 7 nitrogen and oxygen atoms in total. The Labute approximate surface area is 177 Å². The molecule has 2 aromatic rings. The van der Waals surface area contributed by atoms with E-state index in [-0.39, 0.29) is 18.0 Å². The lowest BCUT2D eigenvalue weighted by atomic mass is 10.1. The van der Waals surface area contributed by atoms with Gasteiger partial charge in [-0.1, -0.05) is 12.1 Å². The lowest BCUT2D eigenvalue weighted by molar-refractivity contribution is -0.163. The summed E-state index contributed by atoms with van der Waals surface area (Å²) in [6.07, 6.45) is 10.7. The first-order valence-corrected chi connectivity index (χ1v) is 10.7. The van der Waals surface area contributed by atoms with Crippen LogP contribution in [0.2, 0.25) is 0 Å². The van der Waals surface area contributed by atoms with Crippen molar-refractivity contribution in [2.45, 2.75) is 57.8 Å². The van der Waals surface area contributed by atoms with E-state index in [1.165, 1.54) is 18.4 Å². The molecule has 0 spiro atoms. The fourth-order valence-corrected chi connectivity index (χ4v) is 3.45. The van der Waals surface area contributed by atoms with Crippen molar-refractivity contribution in [1.82, 2.24) is 9.78 Å². The molecule has 0 radical (unpaired) electrons. The molecule has 30 heavy (non-hydrogen) atoms. The zero-order valence-electron chi connectivity index (χ0n) is 17.4. The molecule has 1 atom stereocenters. The highest BCUT2D eigenvalue weighted by molar-refractivity contribution is 6.02. The van der Waals surface area contributed by atoms with Crippen LogP contribution in [0.15, 0.2) is 48.5 Å². The second kappa shape index (κ2) is 9.91. The van der Waals surface area contributed by atoms with Gasteiger partial charge in [-0.05, 0) is 68.7 Å². The monoisotopic (exact) mass is 411 g/mol. The van der Waals surface area contributed by atoms with E-state index < -0.39 is 0 Å². The van der Waals surface area contributed by atoms with Gasteiger partial charge in [-0.25, -0.2) is 0 Å². The SMILES string of the molecule is CC=C(Oc1ccc(C2CC2)cc1)C(=O)Nc1cnn(CCOC2CCCCO2)c1. The van der Waals surface area contributed by atoms with E-state index in [4.69, 9.17) is 14.2 Å². The zero-order chi connectivity index (χ0) is 20.8. The number of amides is 1. The van der Waals surface area contributed by atoms with Crippen LogP contribution in [0.1, 0.15) is 50.5 Å². The number of allylic oxidation sites excluding steroid dienone is 1. The lowest BCUT2D eigenvalue weighted by Crippen LogP contribution is -2.24. The van der Waals surface area contributed by atoms with Crippen LogP contribution in [0.5, 0.6) is 5.75 Å². The van der Waals surface area contributed by atoms with Gasteiger partial charge < -0.3 is 19.5 Å². The number of hydrogen-bond acceptors (Lipinski definition) is 5. The molecule has 2 heterocycles. The van der Waals surface area contributed by atoms with Crippen molar-refractivity contribution in [3.8, 4) is 5.75 Å². The van der Waals surface area contributed by atoms with E-state index >= 15 is 0 Å². The van der Waals surface area contributed by atoms with E-state index in [2.05, 4.69) is 22.5 Å². The molecule has 1 unspecified atom stereocenters. The third-order valence-corrected chi connectivity index (χ3v) is 5.30. The molecule has 1 saturated carbocycles. The normalized spacial score (nSPS) is 19.5. The number of hydrogen-bond donors (Lipinski definition) is 1. The van der Waals surface area contributed by atoms with Crippen molar-refractivity contribution in [2.24, 2.45) is 0 Å². The molecule has 1 aliphatic carbocycles. The van der Waals surface area contributed by atoms with Gasteiger partial charge in [0.25, 0.3) is 5.91 Å². The minimum absolute atomic E-state index is 0.110. The Balaban J connectivity index is 1.24. The van der Waals surface area contributed by atoms with Crippen LogP contribution in [-0.4, -0.2) is 35.2 Å². The Morgan fingerprint density at radius 2 is 2.10 bits per heavy atom. The molecule has 4 rings (SSSR count). The summed E-state index contributed by atoms with van der Waals surface area (Å²) in [6.45, 7) is 3.65. The predicted octanol–water partition coefficient (Wildman–Crippen LogP) is 4.23. The summed E-state index contributed by atoms with van der Waals surface area (Å²) in [7, 11) is 0. The van der Waals surface area contributed by atoms with E-state index in [9.17, 15) is 4.79 Å². The first kappa shape index (κ1) is 20.6. The van der Waals surface area contributed by atoms with Gasteiger partial charge in [-0.2, -0.15) is 5.10 Å². The van der Waals surface area contributed by atoms with Crippen LogP contribution < -0.4 is 10.1 Å². The van der Waals surface area contributed by atoms with Crippen LogP contribution in [0.25, 0.3) is 0 Å². The van der Waals surface area contributed by atoms with Gasteiger partial charge in [0, 0.05) is 12.8 Å². The van der Waals surface area contributed by atoms with Crippen LogP contribution >= 0.6 is 0 Å². The third kappa shape index (κ3) is 5.70. The van der Waals surface area contributed by atoms with Crippen LogP contribution in [0, 0.1) is 0 Å². The number of nitrogens with zero attached hydrogens (tertiary/aromatic N) is 2. The van der Waals surface area contributed by atoms with Gasteiger partial charge in [0.05, 0.1) is 25.0 Å². The summed E-state index contributed by atoms with van der Waals surface area (Å²) >= 11 is 0. The van der Waals surface area contributed by atoms with E-state index in [0.29, 0.717) is 30.5 Å². The maximum absolute atomic E-state index is 12.6. The first-order valence-electron chi connectivity index (χ1n) is 10.7. The fourth-order valence-electron chi connectivity index (χ4n) is 3.45. The minimum atomic E-state index is -0.310. The standard InChI is InChI=1S/C23H29N3O4/c1-2-21(30-20-10-8-18(9-11-20)17-6-7-17)23(27)25-19-15-24-26(16-19)12-14-29-22-5-3-4-13-28-22/h2,8-11,15-17,22H,3-7,12-14H2,1H3,(H,25,27). The van der Waals surface area contributed by atoms with Crippen LogP contribution in [0.3, 0.4) is 0 Å². The average Bonchev–Trinajstić information content (AvgIpc) is 3.53. The molecule has 1 N–H and O–H groups in total. The van der Waals surface area contributed by atoms with Crippen LogP contribution in [-0.2, 0) is 20.8 Å². The van der Waals surface area contributed by atoms with Gasteiger partial charge in [0.1, 0.15) is 5.75 Å². The van der Waals surface area contributed by atoms with Crippen molar-refractivity contribution in [2.75, 3.05) is 18.5 Å². The number of aromatic nitrogens is 2. The number of ether oxygens (including phenoxy) is 3. The number of anilines is 1. The van der Waals surface area contributed by atoms with Gasteiger partial charge >= 0.3 is 0 Å². The van der Waals surface area contributed by atoms with Crippen molar-refractivity contribution >= 4 is 11.6 Å². The highest BCUT2D eigenvalue weighted by atomic mass is 16.7. The van der Waals surface area contributed by atoms with Crippen molar-refractivity contribution in [3.63, 3.8) is 0 Å². The van der Waals surface area contributed by atoms with E-state index in [1.807, 2.05) is 12.1 Å². The van der Waals surface area contributed by atoms with Gasteiger partial charge in [0.15, 0.2) is 12.0 Å². The molecule has 1 aromatic heterocycles. The molecule has 0 bridgehead atoms. The predicted molar refractivity (Wildman–Crippen MR) is 113 cm³/mol. The topological polar surface area (TPSA) is 74.6 Å². The fraction of sp³-hybridized carbons (Fsp3) is 0.478. The Bertz CT molecular complexity index is 865. The Morgan fingerprint density at radius 1 is 1.27 bits per heavy atom. The third-order valence-electron chi connectivity index (χ3n) is 5.30. The highest BCUT2D eigenvalue weighted by Crippen LogP contribution is 2.40. The molecule has 1 saturated heterocycles. The molecule has 1 aromatic carbocycles. The number of carbonyl (C=O) groups excluding carboxylic acids is 1. The zero-order valence-corrected chi connectivity index (χ0v) is 17.4. The van der Waals surface area contributed by atoms with E-state index in [0.717, 1.165) is 25.9 Å². The smallest absolute Gasteiger partial charge is 0.291 e. The summed E-state index contributed by atoms with van der Waals surface area (Å²) in [5.74, 6) is 1.29. The molecule has 1 aliphatic heterocycles. The van der Waals surface area contributed by atoms with Gasteiger partial charge in [-0.15, -0.1) is 0 Å². The maximum atomic E-state index is 12.6. The first-order chi connectivity index (χ1) is 14.7. The molecular formula is C23H29N3O4. The lowest BCUT2D eigenvalue weighted by Gasteiger charge is -2.22. The van der Waals surface area contributed by atoms with Crippen LogP contribution in [0.4, 0.5) is 5.69 Å². The summed E-state index contributed by atoms with van der Waals surface area (Å²) in [4.78, 5) is 12.6. The highest BCUT2D eigenvalue weighted by Gasteiger charge is 2.23. The summed E-state index contributed by atoms with van der Waals surface area (Å²) in [6, 6.07) is 7.97. The quantitative estimate of drug-likeness (QED) is 0.494. The molecule has 160 valence electrons. The average molecular weight is 412 g/mol. The molecule has 2 aliphatic rings. The Hall–Kier alpha value is -2.64. The number of nitrogens with one attached hydrogen (secondary N) is 1. The molecule has 2 fully saturated rings. The number of rotatable bonds is 9. The van der Waals surface area contributed by atoms with E-state index in [1.54, 1.807) is 30.1 Å². The van der Waals surface area contributed by atoms with Crippen molar-refractivity contribution in [3.05, 3.63) is 54.1 Å². The number of benzene rings is 1. The maximum Gasteiger partial charge on any atom is 0.291 e. The molecule has 7 heteroatoms. The van der Waals surface area contributed by atoms with Gasteiger partial charge in [-0.3, -0.25) is 9.48 Å². The largest absolute Gasteiger partial charge is 0.452 e. The van der Waals surface area contributed by atoms with Crippen molar-refractivity contribution < 1.29 is 19.0 Å². The molecule has 1 amide bonds. The summed E-state index contributed by atoms with van der Waals surface area (Å²) in [5.41, 5.74) is 1.95. The summed E-state index contributed by atoms with van der Waals surface area (Å²) < 4.78 is 18.8. The van der Waals surface area contributed by atoms with Gasteiger partial charge in [0.2, 0.25) is 0 Å².